The number of aliphatic carboxylic acids is 1. The number of carboxylic acids is 1. The smallest absolute Gasteiger partial charge is 0.326 e. The standard InChI is InChI=1S/C16H18N2O3S/c1-3-12(16(20)21)18-15(19)13-9-22-14(17-13)8-11-6-4-10(2)5-7-11/h4-7,9,12H,3,8H2,1-2H3,(H,18,19)(H,20,21). The summed E-state index contributed by atoms with van der Waals surface area (Å²) in [6.07, 6.45) is 0.996. The molecular formula is C16H18N2O3S. The fourth-order valence-corrected chi connectivity index (χ4v) is 2.76. The number of benzene rings is 1. The van der Waals surface area contributed by atoms with Crippen molar-refractivity contribution in [1.82, 2.24) is 10.3 Å². The normalized spacial score (nSPS) is 11.9. The van der Waals surface area contributed by atoms with E-state index in [1.54, 1.807) is 12.3 Å². The van der Waals surface area contributed by atoms with Crippen molar-refractivity contribution in [3.63, 3.8) is 0 Å². The second kappa shape index (κ2) is 7.17. The molecule has 1 amide bonds. The molecule has 1 heterocycles. The summed E-state index contributed by atoms with van der Waals surface area (Å²) in [5, 5.41) is 13.9. The first kappa shape index (κ1) is 16.2. The largest absolute Gasteiger partial charge is 0.480 e. The van der Waals surface area contributed by atoms with Crippen molar-refractivity contribution < 1.29 is 14.7 Å². The molecule has 22 heavy (non-hydrogen) atoms. The number of nitrogens with one attached hydrogen (secondary N) is 1. The molecule has 2 aromatic rings. The number of aromatic nitrogens is 1. The Morgan fingerprint density at radius 2 is 2.00 bits per heavy atom. The first-order valence-electron chi connectivity index (χ1n) is 7.03. The van der Waals surface area contributed by atoms with Gasteiger partial charge in [-0.3, -0.25) is 4.79 Å². The SMILES string of the molecule is CCC(NC(=O)c1csc(Cc2ccc(C)cc2)n1)C(=O)O. The lowest BCUT2D eigenvalue weighted by atomic mass is 10.1. The lowest BCUT2D eigenvalue weighted by Crippen LogP contribution is -2.40. The van der Waals surface area contributed by atoms with E-state index in [4.69, 9.17) is 5.11 Å². The molecule has 2 rings (SSSR count). The molecule has 0 spiro atoms. The molecular weight excluding hydrogens is 300 g/mol. The number of rotatable bonds is 6. The maximum Gasteiger partial charge on any atom is 0.326 e. The van der Waals surface area contributed by atoms with Crippen molar-refractivity contribution in [2.24, 2.45) is 0 Å². The predicted octanol–water partition coefficient (Wildman–Crippen LogP) is 2.64. The Morgan fingerprint density at radius 3 is 2.59 bits per heavy atom. The highest BCUT2D eigenvalue weighted by Gasteiger charge is 2.20. The van der Waals surface area contributed by atoms with Gasteiger partial charge in [-0.05, 0) is 18.9 Å². The lowest BCUT2D eigenvalue weighted by molar-refractivity contribution is -0.139. The highest BCUT2D eigenvalue weighted by Crippen LogP contribution is 2.15. The number of carbonyl (C=O) groups is 2. The Morgan fingerprint density at radius 1 is 1.32 bits per heavy atom. The zero-order chi connectivity index (χ0) is 16.1. The van der Waals surface area contributed by atoms with Crippen LogP contribution in [-0.2, 0) is 11.2 Å². The van der Waals surface area contributed by atoms with E-state index in [9.17, 15) is 9.59 Å². The van der Waals surface area contributed by atoms with Crippen molar-refractivity contribution in [2.45, 2.75) is 32.7 Å². The first-order chi connectivity index (χ1) is 10.5. The van der Waals surface area contributed by atoms with Crippen LogP contribution in [0, 0.1) is 6.92 Å². The Kier molecular flexibility index (Phi) is 5.27. The van der Waals surface area contributed by atoms with Gasteiger partial charge in [-0.1, -0.05) is 36.8 Å². The van der Waals surface area contributed by atoms with Gasteiger partial charge >= 0.3 is 5.97 Å². The molecule has 116 valence electrons. The van der Waals surface area contributed by atoms with E-state index >= 15 is 0 Å². The van der Waals surface area contributed by atoms with Gasteiger partial charge in [-0.2, -0.15) is 0 Å². The summed E-state index contributed by atoms with van der Waals surface area (Å²) >= 11 is 1.40. The highest BCUT2D eigenvalue weighted by molar-refractivity contribution is 7.09. The number of nitrogens with zero attached hydrogens (tertiary/aromatic N) is 1. The second-order valence-electron chi connectivity index (χ2n) is 5.06. The maximum atomic E-state index is 12.0. The molecule has 6 heteroatoms. The Hall–Kier alpha value is -2.21. The molecule has 5 nitrogen and oxygen atoms in total. The molecule has 0 aliphatic rings. The second-order valence-corrected chi connectivity index (χ2v) is 6.00. The minimum Gasteiger partial charge on any atom is -0.480 e. The van der Waals surface area contributed by atoms with E-state index in [2.05, 4.69) is 10.3 Å². The summed E-state index contributed by atoms with van der Waals surface area (Å²) in [7, 11) is 0. The molecule has 0 radical (unpaired) electrons. The van der Waals surface area contributed by atoms with Crippen molar-refractivity contribution >= 4 is 23.2 Å². The van der Waals surface area contributed by atoms with Crippen LogP contribution in [0.1, 0.15) is 40.0 Å². The Bertz CT molecular complexity index is 664. The van der Waals surface area contributed by atoms with Gasteiger partial charge in [0.05, 0.1) is 5.01 Å². The first-order valence-corrected chi connectivity index (χ1v) is 7.91. The summed E-state index contributed by atoms with van der Waals surface area (Å²) in [6, 6.07) is 7.27. The van der Waals surface area contributed by atoms with Crippen LogP contribution in [-0.4, -0.2) is 28.0 Å². The maximum absolute atomic E-state index is 12.0. The van der Waals surface area contributed by atoms with Gasteiger partial charge in [-0.15, -0.1) is 11.3 Å². The van der Waals surface area contributed by atoms with Gasteiger partial charge in [0.1, 0.15) is 11.7 Å². The molecule has 0 fully saturated rings. The summed E-state index contributed by atoms with van der Waals surface area (Å²) in [4.78, 5) is 27.2. The number of carbonyl (C=O) groups excluding carboxylic acids is 1. The Balaban J connectivity index is 2.02. The fraction of sp³-hybridized carbons (Fsp3) is 0.312. The molecule has 0 bridgehead atoms. The van der Waals surface area contributed by atoms with Gasteiger partial charge in [0, 0.05) is 11.8 Å². The topological polar surface area (TPSA) is 79.3 Å². The van der Waals surface area contributed by atoms with Crippen LogP contribution in [0.4, 0.5) is 0 Å². The number of aryl methyl sites for hydroxylation is 1. The third-order valence-electron chi connectivity index (χ3n) is 3.27. The van der Waals surface area contributed by atoms with Crippen LogP contribution in [0.5, 0.6) is 0 Å². The molecule has 1 unspecified atom stereocenters. The molecule has 1 aromatic heterocycles. The molecule has 2 N–H and O–H groups in total. The van der Waals surface area contributed by atoms with Gasteiger partial charge in [0.15, 0.2) is 0 Å². The number of thiazole rings is 1. The summed E-state index contributed by atoms with van der Waals surface area (Å²) in [6.45, 7) is 3.74. The zero-order valence-corrected chi connectivity index (χ0v) is 13.3. The number of amides is 1. The number of carboxylic acid groups (broad SMARTS) is 1. The Labute approximate surface area is 133 Å². The van der Waals surface area contributed by atoms with Crippen molar-refractivity contribution in [3.8, 4) is 0 Å². The van der Waals surface area contributed by atoms with Crippen molar-refractivity contribution in [2.75, 3.05) is 0 Å². The summed E-state index contributed by atoms with van der Waals surface area (Å²) < 4.78 is 0. The van der Waals surface area contributed by atoms with E-state index in [0.717, 1.165) is 10.6 Å². The van der Waals surface area contributed by atoms with Gasteiger partial charge < -0.3 is 10.4 Å². The van der Waals surface area contributed by atoms with E-state index < -0.39 is 17.9 Å². The van der Waals surface area contributed by atoms with E-state index in [-0.39, 0.29) is 5.69 Å². The van der Waals surface area contributed by atoms with Gasteiger partial charge in [0.2, 0.25) is 0 Å². The van der Waals surface area contributed by atoms with Gasteiger partial charge in [-0.25, -0.2) is 9.78 Å². The number of hydrogen-bond donors (Lipinski definition) is 2. The molecule has 1 atom stereocenters. The van der Waals surface area contributed by atoms with Crippen LogP contribution in [0.3, 0.4) is 0 Å². The zero-order valence-electron chi connectivity index (χ0n) is 12.5. The minimum absolute atomic E-state index is 0.270. The third kappa shape index (κ3) is 4.14. The molecule has 0 saturated carbocycles. The average molecular weight is 318 g/mol. The van der Waals surface area contributed by atoms with E-state index in [0.29, 0.717) is 12.8 Å². The van der Waals surface area contributed by atoms with Gasteiger partial charge in [0.25, 0.3) is 5.91 Å². The van der Waals surface area contributed by atoms with Crippen LogP contribution >= 0.6 is 11.3 Å². The van der Waals surface area contributed by atoms with Crippen LogP contribution in [0.2, 0.25) is 0 Å². The quantitative estimate of drug-likeness (QED) is 0.858. The minimum atomic E-state index is -1.04. The highest BCUT2D eigenvalue weighted by atomic mass is 32.1. The summed E-state index contributed by atoms with van der Waals surface area (Å²) in [5.41, 5.74) is 2.60. The summed E-state index contributed by atoms with van der Waals surface area (Å²) in [5.74, 6) is -1.48. The van der Waals surface area contributed by atoms with Crippen LogP contribution < -0.4 is 5.32 Å². The number of hydrogen-bond acceptors (Lipinski definition) is 4. The molecule has 0 saturated heterocycles. The fourth-order valence-electron chi connectivity index (χ4n) is 1.95. The van der Waals surface area contributed by atoms with Crippen LogP contribution in [0.25, 0.3) is 0 Å². The van der Waals surface area contributed by atoms with E-state index in [1.165, 1.54) is 16.9 Å². The average Bonchev–Trinajstić information content (AvgIpc) is 2.95. The third-order valence-corrected chi connectivity index (χ3v) is 4.12. The van der Waals surface area contributed by atoms with E-state index in [1.807, 2.05) is 31.2 Å². The molecule has 1 aromatic carbocycles. The molecule has 0 aliphatic heterocycles. The monoisotopic (exact) mass is 318 g/mol. The van der Waals surface area contributed by atoms with Crippen LogP contribution in [0.15, 0.2) is 29.6 Å². The van der Waals surface area contributed by atoms with Crippen molar-refractivity contribution in [3.05, 3.63) is 51.5 Å². The molecule has 0 aliphatic carbocycles. The predicted molar refractivity (Wildman–Crippen MR) is 85.3 cm³/mol. The van der Waals surface area contributed by atoms with Crippen molar-refractivity contribution in [1.29, 1.82) is 0 Å². The lowest BCUT2D eigenvalue weighted by Gasteiger charge is -2.10.